The summed E-state index contributed by atoms with van der Waals surface area (Å²) in [7, 11) is -2.08. The van der Waals surface area contributed by atoms with Crippen molar-refractivity contribution in [3.63, 3.8) is 0 Å². The van der Waals surface area contributed by atoms with Gasteiger partial charge in [-0.1, -0.05) is 13.2 Å². The molecule has 60 valence electrons. The molecule has 0 aromatic rings. The Morgan fingerprint density at radius 2 is 1.91 bits per heavy atom. The minimum atomic E-state index is -2.08. The summed E-state index contributed by atoms with van der Waals surface area (Å²) in [6, 6.07) is 0. The monoisotopic (exact) mass is 158 g/mol. The molecule has 0 fully saturated rings. The zero-order chi connectivity index (χ0) is 9.02. The van der Waals surface area contributed by atoms with Crippen molar-refractivity contribution in [2.45, 2.75) is 0 Å². The van der Waals surface area contributed by atoms with Crippen molar-refractivity contribution in [1.29, 1.82) is 0 Å². The molecule has 0 aliphatic carbocycles. The number of aliphatic hydroxyl groups excluding tert-OH is 1. The molecule has 0 unspecified atom stereocenters. The summed E-state index contributed by atoms with van der Waals surface area (Å²) in [4.78, 5) is 0. The number of aliphatic hydroxyl groups is 1. The fourth-order valence-electron chi connectivity index (χ4n) is 0.521. The van der Waals surface area contributed by atoms with Crippen LogP contribution in [-0.2, 0) is 0 Å². The van der Waals surface area contributed by atoms with Crippen LogP contribution in [0.2, 0.25) is 0 Å². The van der Waals surface area contributed by atoms with Crippen LogP contribution in [0.5, 0.6) is 0 Å². The Kier molecular flexibility index (Phi) is 3.57. The van der Waals surface area contributed by atoms with Crippen LogP contribution in [-0.4, -0.2) is 22.3 Å². The van der Waals surface area contributed by atoms with Gasteiger partial charge in [-0.25, -0.2) is 4.39 Å². The first-order valence-electron chi connectivity index (χ1n) is 2.77. The highest BCUT2D eigenvalue weighted by Crippen LogP contribution is 2.14. The molecule has 3 N–H and O–H groups in total. The van der Waals surface area contributed by atoms with Crippen LogP contribution in [0, 0.1) is 0 Å². The highest BCUT2D eigenvalue weighted by Gasteiger charge is 2.21. The molecule has 0 saturated carbocycles. The van der Waals surface area contributed by atoms with E-state index in [1.165, 1.54) is 0 Å². The van der Waals surface area contributed by atoms with Crippen molar-refractivity contribution in [3.05, 3.63) is 36.3 Å². The zero-order valence-electron chi connectivity index (χ0n) is 5.79. The molecule has 0 aliphatic heterocycles. The molecule has 0 aliphatic rings. The fourth-order valence-corrected chi connectivity index (χ4v) is 0.521. The van der Waals surface area contributed by atoms with Crippen LogP contribution < -0.4 is 0 Å². The Balaban J connectivity index is 4.87. The highest BCUT2D eigenvalue weighted by molar-refractivity contribution is 6.52. The van der Waals surface area contributed by atoms with Crippen molar-refractivity contribution < 1.29 is 19.5 Å². The molecule has 0 aromatic heterocycles. The molecule has 3 nitrogen and oxygen atoms in total. The van der Waals surface area contributed by atoms with Gasteiger partial charge in [-0.15, -0.1) is 0 Å². The molecule has 11 heavy (non-hydrogen) atoms. The van der Waals surface area contributed by atoms with Gasteiger partial charge in [0.1, 0.15) is 11.6 Å². The molecule has 0 aromatic carbocycles. The summed E-state index contributed by atoms with van der Waals surface area (Å²) in [5.41, 5.74) is -0.667. The van der Waals surface area contributed by atoms with Crippen LogP contribution in [0.3, 0.4) is 0 Å². The zero-order valence-corrected chi connectivity index (χ0v) is 5.79. The van der Waals surface area contributed by atoms with Gasteiger partial charge in [-0.2, -0.15) is 0 Å². The van der Waals surface area contributed by atoms with E-state index in [1.807, 2.05) is 0 Å². The van der Waals surface area contributed by atoms with E-state index in [9.17, 15) is 4.39 Å². The number of hydrogen-bond donors (Lipinski definition) is 3. The van der Waals surface area contributed by atoms with Crippen LogP contribution in [0.1, 0.15) is 0 Å². The van der Waals surface area contributed by atoms with E-state index < -0.39 is 24.2 Å². The Labute approximate surface area is 63.9 Å². The van der Waals surface area contributed by atoms with Gasteiger partial charge in [0.05, 0.1) is 5.47 Å². The maximum absolute atomic E-state index is 12.3. The second-order valence-corrected chi connectivity index (χ2v) is 1.78. The average molecular weight is 158 g/mol. The summed E-state index contributed by atoms with van der Waals surface area (Å²) >= 11 is 0. The second kappa shape index (κ2) is 3.95. The van der Waals surface area contributed by atoms with E-state index in [4.69, 9.17) is 15.2 Å². The largest absolute Gasteiger partial charge is 0.508 e. The third-order valence-electron chi connectivity index (χ3n) is 1.02. The third kappa shape index (κ3) is 2.57. The number of hydrogen-bond acceptors (Lipinski definition) is 3. The van der Waals surface area contributed by atoms with Crippen molar-refractivity contribution in [2.24, 2.45) is 0 Å². The highest BCUT2D eigenvalue weighted by atomic mass is 19.1. The standard InChI is InChI=1S/C6H8BFO3/c1-3-5(9)6(4(2)8)7(10)11/h3,9-11H,1-2H2/b6-5-. The Morgan fingerprint density at radius 3 is 2.00 bits per heavy atom. The molecule has 0 heterocycles. The van der Waals surface area contributed by atoms with Crippen LogP contribution >= 0.6 is 0 Å². The van der Waals surface area contributed by atoms with E-state index in [-0.39, 0.29) is 0 Å². The Morgan fingerprint density at radius 1 is 1.45 bits per heavy atom. The smallest absolute Gasteiger partial charge is 0.495 e. The van der Waals surface area contributed by atoms with Gasteiger partial charge in [0.15, 0.2) is 0 Å². The Bertz CT molecular complexity index is 210. The first-order valence-corrected chi connectivity index (χ1v) is 2.77. The molecule has 0 amide bonds. The van der Waals surface area contributed by atoms with E-state index in [2.05, 4.69) is 13.2 Å². The summed E-state index contributed by atoms with van der Waals surface area (Å²) in [5.74, 6) is -1.73. The number of halogens is 1. The summed E-state index contributed by atoms with van der Waals surface area (Å²) < 4.78 is 12.3. The lowest BCUT2D eigenvalue weighted by molar-refractivity contribution is 0.395. The molecule has 0 saturated heterocycles. The predicted octanol–water partition coefficient (Wildman–Crippen LogP) is 0.480. The SMILES string of the molecule is C=C/C(O)=C(/B(O)O)C(=C)F. The lowest BCUT2D eigenvalue weighted by atomic mass is 9.77. The van der Waals surface area contributed by atoms with Gasteiger partial charge in [0.2, 0.25) is 0 Å². The quantitative estimate of drug-likeness (QED) is 0.318. The van der Waals surface area contributed by atoms with Crippen LogP contribution in [0.25, 0.3) is 0 Å². The summed E-state index contributed by atoms with van der Waals surface area (Å²) in [5, 5.41) is 25.7. The van der Waals surface area contributed by atoms with Gasteiger partial charge in [-0.3, -0.25) is 0 Å². The Hall–Kier alpha value is -1.07. The van der Waals surface area contributed by atoms with E-state index in [0.717, 1.165) is 6.08 Å². The molecular weight excluding hydrogens is 150 g/mol. The van der Waals surface area contributed by atoms with Crippen molar-refractivity contribution in [2.75, 3.05) is 0 Å². The summed E-state index contributed by atoms with van der Waals surface area (Å²) in [6.45, 7) is 5.90. The minimum Gasteiger partial charge on any atom is -0.508 e. The second-order valence-electron chi connectivity index (χ2n) is 1.78. The van der Waals surface area contributed by atoms with Crippen molar-refractivity contribution in [1.82, 2.24) is 0 Å². The first kappa shape index (κ1) is 9.93. The van der Waals surface area contributed by atoms with Crippen molar-refractivity contribution in [3.8, 4) is 0 Å². The molecule has 0 radical (unpaired) electrons. The first-order chi connectivity index (χ1) is 5.00. The maximum atomic E-state index is 12.3. The lowest BCUT2D eigenvalue weighted by Crippen LogP contribution is -2.17. The fraction of sp³-hybridized carbons (Fsp3) is 0. The topological polar surface area (TPSA) is 60.7 Å². The molecule has 5 heteroatoms. The van der Waals surface area contributed by atoms with E-state index in [1.54, 1.807) is 0 Å². The van der Waals surface area contributed by atoms with Crippen LogP contribution in [0.15, 0.2) is 36.3 Å². The molecule has 0 bridgehead atoms. The van der Waals surface area contributed by atoms with Crippen molar-refractivity contribution >= 4 is 7.12 Å². The molecule has 0 spiro atoms. The van der Waals surface area contributed by atoms with E-state index in [0.29, 0.717) is 0 Å². The maximum Gasteiger partial charge on any atom is 0.495 e. The summed E-state index contributed by atoms with van der Waals surface area (Å²) in [6.07, 6.45) is 0.888. The lowest BCUT2D eigenvalue weighted by Gasteiger charge is -2.02. The van der Waals surface area contributed by atoms with Gasteiger partial charge >= 0.3 is 7.12 Å². The molecular formula is C6H8BFO3. The molecule has 0 rings (SSSR count). The average Bonchev–Trinajstić information content (AvgIpc) is 1.85. The third-order valence-corrected chi connectivity index (χ3v) is 1.02. The molecule has 0 atom stereocenters. The van der Waals surface area contributed by atoms with Gasteiger partial charge in [0.25, 0.3) is 0 Å². The normalized spacial score (nSPS) is 11.9. The number of rotatable bonds is 3. The van der Waals surface area contributed by atoms with E-state index >= 15 is 0 Å². The minimum absolute atomic E-state index is 0.632. The van der Waals surface area contributed by atoms with Gasteiger partial charge in [-0.05, 0) is 6.08 Å². The van der Waals surface area contributed by atoms with Gasteiger partial charge in [0, 0.05) is 0 Å². The van der Waals surface area contributed by atoms with Crippen LogP contribution in [0.4, 0.5) is 4.39 Å². The predicted molar refractivity (Wildman–Crippen MR) is 40.3 cm³/mol. The number of allylic oxidation sites excluding steroid dienone is 3. The van der Waals surface area contributed by atoms with Gasteiger partial charge < -0.3 is 15.2 Å².